The van der Waals surface area contributed by atoms with Crippen molar-refractivity contribution < 1.29 is 19.4 Å². The van der Waals surface area contributed by atoms with Crippen LogP contribution in [-0.4, -0.2) is 23.5 Å². The summed E-state index contributed by atoms with van der Waals surface area (Å²) in [5.41, 5.74) is 1.26. The van der Waals surface area contributed by atoms with Gasteiger partial charge >= 0.3 is 5.97 Å². The largest absolute Gasteiger partial charge is 0.493 e. The molecule has 2 aromatic carbocycles. The van der Waals surface area contributed by atoms with E-state index in [1.165, 1.54) is 6.92 Å². The van der Waals surface area contributed by atoms with Crippen molar-refractivity contribution in [2.24, 2.45) is 5.92 Å². The van der Waals surface area contributed by atoms with Gasteiger partial charge in [0.2, 0.25) is 0 Å². The first-order chi connectivity index (χ1) is 10.6. The van der Waals surface area contributed by atoms with Crippen LogP contribution in [0.1, 0.15) is 22.8 Å². The first-order valence-corrected chi connectivity index (χ1v) is 7.12. The Morgan fingerprint density at radius 2 is 1.68 bits per heavy atom. The van der Waals surface area contributed by atoms with E-state index in [0.29, 0.717) is 18.6 Å². The first kappa shape index (κ1) is 15.8. The molecule has 1 N–H and O–H groups in total. The minimum Gasteiger partial charge on any atom is -0.493 e. The maximum Gasteiger partial charge on any atom is 0.314 e. The summed E-state index contributed by atoms with van der Waals surface area (Å²) in [6.45, 7) is 1.83. The van der Waals surface area contributed by atoms with Crippen molar-refractivity contribution in [1.29, 1.82) is 0 Å². The van der Waals surface area contributed by atoms with Gasteiger partial charge in [0.1, 0.15) is 11.7 Å². The summed E-state index contributed by atoms with van der Waals surface area (Å²) in [6, 6.07) is 16.5. The van der Waals surface area contributed by atoms with E-state index in [2.05, 4.69) is 0 Å². The number of para-hydroxylation sites is 1. The molecule has 4 nitrogen and oxygen atoms in total. The summed E-state index contributed by atoms with van der Waals surface area (Å²) in [4.78, 5) is 23.2. The summed E-state index contributed by atoms with van der Waals surface area (Å²) >= 11 is 0. The summed E-state index contributed by atoms with van der Waals surface area (Å²) in [6.07, 6.45) is 0.545. The van der Waals surface area contributed by atoms with Gasteiger partial charge in [0.25, 0.3) is 0 Å². The lowest BCUT2D eigenvalue weighted by molar-refractivity contribution is -0.139. The lowest BCUT2D eigenvalue weighted by Crippen LogP contribution is -2.22. The molecule has 4 heteroatoms. The number of ketones is 1. The van der Waals surface area contributed by atoms with E-state index in [4.69, 9.17) is 9.84 Å². The molecule has 0 aromatic heterocycles. The molecule has 2 rings (SSSR count). The highest BCUT2D eigenvalue weighted by Gasteiger charge is 2.23. The van der Waals surface area contributed by atoms with Crippen molar-refractivity contribution >= 4 is 11.8 Å². The Balaban J connectivity index is 2.05. The van der Waals surface area contributed by atoms with Crippen molar-refractivity contribution in [2.75, 3.05) is 6.61 Å². The van der Waals surface area contributed by atoms with E-state index in [1.807, 2.05) is 42.5 Å². The zero-order valence-electron chi connectivity index (χ0n) is 12.4. The number of hydrogen-bond donors (Lipinski definition) is 1. The smallest absolute Gasteiger partial charge is 0.314 e. The Morgan fingerprint density at radius 1 is 1.05 bits per heavy atom. The Hall–Kier alpha value is -2.62. The molecule has 0 radical (unpaired) electrons. The fourth-order valence-corrected chi connectivity index (χ4v) is 2.12. The number of benzene rings is 2. The van der Waals surface area contributed by atoms with Crippen LogP contribution in [-0.2, 0) is 11.2 Å². The lowest BCUT2D eigenvalue weighted by Gasteiger charge is -2.11. The van der Waals surface area contributed by atoms with Gasteiger partial charge in [-0.2, -0.15) is 0 Å². The SMILES string of the molecule is CC(C(=O)O)C(=O)c1ccccc1CCOc1ccccc1. The first-order valence-electron chi connectivity index (χ1n) is 7.12. The van der Waals surface area contributed by atoms with E-state index in [0.717, 1.165) is 11.3 Å². The molecule has 1 atom stereocenters. The van der Waals surface area contributed by atoms with Crippen LogP contribution in [0.3, 0.4) is 0 Å². The summed E-state index contributed by atoms with van der Waals surface area (Å²) in [5, 5.41) is 8.98. The highest BCUT2D eigenvalue weighted by molar-refractivity contribution is 6.08. The van der Waals surface area contributed by atoms with E-state index in [1.54, 1.807) is 12.1 Å². The number of carbonyl (C=O) groups is 2. The second kappa shape index (κ2) is 7.41. The Labute approximate surface area is 129 Å². The zero-order chi connectivity index (χ0) is 15.9. The number of carboxylic acids is 1. The topological polar surface area (TPSA) is 63.6 Å². The van der Waals surface area contributed by atoms with Crippen LogP contribution in [0.25, 0.3) is 0 Å². The number of Topliss-reactive ketones (excluding diaryl/α,β-unsaturated/α-hetero) is 1. The summed E-state index contributed by atoms with van der Waals surface area (Å²) in [5.74, 6) is -1.76. The van der Waals surface area contributed by atoms with Gasteiger partial charge in [-0.05, 0) is 24.6 Å². The molecular formula is C18H18O4. The molecule has 0 aliphatic carbocycles. The van der Waals surface area contributed by atoms with E-state index in [-0.39, 0.29) is 5.78 Å². The number of ether oxygens (including phenoxy) is 1. The average molecular weight is 298 g/mol. The van der Waals surface area contributed by atoms with Crippen LogP contribution < -0.4 is 4.74 Å². The zero-order valence-corrected chi connectivity index (χ0v) is 12.4. The Kier molecular flexibility index (Phi) is 5.31. The summed E-state index contributed by atoms with van der Waals surface area (Å²) < 4.78 is 5.62. The van der Waals surface area contributed by atoms with Gasteiger partial charge in [-0.3, -0.25) is 9.59 Å². The molecule has 2 aromatic rings. The van der Waals surface area contributed by atoms with Gasteiger partial charge in [-0.15, -0.1) is 0 Å². The minimum absolute atomic E-state index is 0.372. The molecule has 0 aliphatic rings. The third-order valence-electron chi connectivity index (χ3n) is 3.43. The van der Waals surface area contributed by atoms with Gasteiger partial charge in [-0.1, -0.05) is 42.5 Å². The van der Waals surface area contributed by atoms with Crippen molar-refractivity contribution in [3.8, 4) is 5.75 Å². The van der Waals surface area contributed by atoms with Crippen molar-refractivity contribution in [3.63, 3.8) is 0 Å². The van der Waals surface area contributed by atoms with Crippen molar-refractivity contribution in [3.05, 3.63) is 65.7 Å². The van der Waals surface area contributed by atoms with Gasteiger partial charge in [0.05, 0.1) is 6.61 Å². The van der Waals surface area contributed by atoms with E-state index >= 15 is 0 Å². The third-order valence-corrected chi connectivity index (χ3v) is 3.43. The third kappa shape index (κ3) is 3.95. The monoisotopic (exact) mass is 298 g/mol. The van der Waals surface area contributed by atoms with E-state index in [9.17, 15) is 9.59 Å². The number of hydrogen-bond acceptors (Lipinski definition) is 3. The molecule has 0 bridgehead atoms. The van der Waals surface area contributed by atoms with Crippen LogP contribution in [0.15, 0.2) is 54.6 Å². The average Bonchev–Trinajstić information content (AvgIpc) is 2.55. The fraction of sp³-hybridized carbons (Fsp3) is 0.222. The fourth-order valence-electron chi connectivity index (χ4n) is 2.12. The van der Waals surface area contributed by atoms with Crippen LogP contribution in [0.2, 0.25) is 0 Å². The second-order valence-electron chi connectivity index (χ2n) is 4.99. The van der Waals surface area contributed by atoms with Gasteiger partial charge in [0, 0.05) is 12.0 Å². The standard InChI is InChI=1S/C18H18O4/c1-13(18(20)21)17(19)16-10-6-5-7-14(16)11-12-22-15-8-3-2-4-9-15/h2-10,13H,11-12H2,1H3,(H,20,21). The Morgan fingerprint density at radius 3 is 2.36 bits per heavy atom. The summed E-state index contributed by atoms with van der Waals surface area (Å²) in [7, 11) is 0. The molecule has 0 fully saturated rings. The highest BCUT2D eigenvalue weighted by Crippen LogP contribution is 2.16. The molecule has 0 saturated heterocycles. The molecule has 0 saturated carbocycles. The Bertz CT molecular complexity index is 649. The minimum atomic E-state index is -1.11. The number of carbonyl (C=O) groups excluding carboxylic acids is 1. The highest BCUT2D eigenvalue weighted by atomic mass is 16.5. The van der Waals surface area contributed by atoms with Crippen molar-refractivity contribution in [2.45, 2.75) is 13.3 Å². The van der Waals surface area contributed by atoms with Gasteiger partial charge < -0.3 is 9.84 Å². The number of aliphatic carboxylic acids is 1. The quantitative estimate of drug-likeness (QED) is 0.629. The molecule has 0 amide bonds. The van der Waals surface area contributed by atoms with Gasteiger partial charge in [-0.25, -0.2) is 0 Å². The number of rotatable bonds is 7. The number of carboxylic acid groups (broad SMARTS) is 1. The second-order valence-corrected chi connectivity index (χ2v) is 4.99. The molecule has 114 valence electrons. The van der Waals surface area contributed by atoms with Crippen LogP contribution in [0, 0.1) is 5.92 Å². The molecule has 22 heavy (non-hydrogen) atoms. The molecule has 1 unspecified atom stereocenters. The lowest BCUT2D eigenvalue weighted by atomic mass is 9.94. The molecular weight excluding hydrogens is 280 g/mol. The van der Waals surface area contributed by atoms with E-state index < -0.39 is 11.9 Å². The van der Waals surface area contributed by atoms with Crippen LogP contribution >= 0.6 is 0 Å². The molecule has 0 heterocycles. The maximum absolute atomic E-state index is 12.2. The van der Waals surface area contributed by atoms with Crippen LogP contribution in [0.5, 0.6) is 5.75 Å². The maximum atomic E-state index is 12.2. The van der Waals surface area contributed by atoms with Crippen LogP contribution in [0.4, 0.5) is 0 Å². The predicted molar refractivity (Wildman–Crippen MR) is 83.2 cm³/mol. The molecule has 0 spiro atoms. The van der Waals surface area contributed by atoms with Gasteiger partial charge in [0.15, 0.2) is 5.78 Å². The normalized spacial score (nSPS) is 11.7. The molecule has 0 aliphatic heterocycles. The van der Waals surface area contributed by atoms with Crippen molar-refractivity contribution in [1.82, 2.24) is 0 Å². The predicted octanol–water partition coefficient (Wildman–Crippen LogP) is 3.21.